The second-order valence-electron chi connectivity index (χ2n) is 19.8. The van der Waals surface area contributed by atoms with Gasteiger partial charge in [-0.3, -0.25) is 19.5 Å². The van der Waals surface area contributed by atoms with Gasteiger partial charge in [-0.2, -0.15) is 8.78 Å². The second-order valence-corrected chi connectivity index (χ2v) is 19.8. The number of carbonyl (C=O) groups excluding carboxylic acids is 3. The number of hydrogen-bond acceptors (Lipinski definition) is 7. The molecule has 4 aromatic rings. The second kappa shape index (κ2) is 14.1. The number of nitrogens with zero attached hydrogens (tertiary/aromatic N) is 4. The van der Waals surface area contributed by atoms with E-state index in [-0.39, 0.29) is 59.0 Å². The summed E-state index contributed by atoms with van der Waals surface area (Å²) < 4.78 is 44.0. The molecule has 10 rings (SSSR count). The van der Waals surface area contributed by atoms with Crippen LogP contribution < -0.4 is 0 Å². The van der Waals surface area contributed by atoms with Gasteiger partial charge in [0.15, 0.2) is 0 Å². The first-order valence-corrected chi connectivity index (χ1v) is 21.8. The molecular formula is C49H53F2N5O5. The topological polar surface area (TPSA) is 117 Å². The van der Waals surface area contributed by atoms with Crippen LogP contribution in [0.3, 0.4) is 0 Å². The van der Waals surface area contributed by atoms with Gasteiger partial charge >= 0.3 is 12.1 Å². The van der Waals surface area contributed by atoms with E-state index in [2.05, 4.69) is 11.1 Å². The molecule has 4 fully saturated rings. The van der Waals surface area contributed by atoms with Gasteiger partial charge in [0, 0.05) is 41.4 Å². The lowest BCUT2D eigenvalue weighted by Crippen LogP contribution is -2.50. The minimum atomic E-state index is -3.24. The number of halogens is 2. The number of alkyl halides is 2. The molecule has 0 unspecified atom stereocenters. The molecule has 2 amide bonds. The molecule has 2 bridgehead atoms. The van der Waals surface area contributed by atoms with Crippen LogP contribution in [0.15, 0.2) is 65.8 Å². The minimum absolute atomic E-state index is 0.0156. The van der Waals surface area contributed by atoms with Gasteiger partial charge in [0.05, 0.1) is 49.1 Å². The number of H-pyrrole nitrogens is 1. The van der Waals surface area contributed by atoms with Crippen molar-refractivity contribution in [1.29, 1.82) is 0 Å². The molecule has 5 atom stereocenters. The first-order valence-electron chi connectivity index (χ1n) is 21.8. The van der Waals surface area contributed by atoms with E-state index >= 15 is 8.78 Å². The zero-order valence-corrected chi connectivity index (χ0v) is 35.7. The fraction of sp³-hybridized carbons (Fsp3) is 0.490. The molecule has 10 nitrogen and oxygen atoms in total. The Bertz CT molecular complexity index is 2520. The number of piperidine rings is 1. The summed E-state index contributed by atoms with van der Waals surface area (Å²) >= 11 is 0. The van der Waals surface area contributed by atoms with Gasteiger partial charge in [-0.25, -0.2) is 9.78 Å². The van der Waals surface area contributed by atoms with E-state index in [1.165, 1.54) is 7.11 Å². The zero-order chi connectivity index (χ0) is 42.7. The van der Waals surface area contributed by atoms with Crippen molar-refractivity contribution in [2.45, 2.75) is 116 Å². The van der Waals surface area contributed by atoms with E-state index in [9.17, 15) is 14.4 Å². The Labute approximate surface area is 355 Å². The number of carbonyl (C=O) groups is 3. The SMILES string of the molecule is COC(=O)C[C@@H](C(=O)N1CC2(CC2)C[C@H]1c1ncc(-c2ccc3c(c2)C(F)(F)c2cc(-c4ccc5c(c4)CC([C@@H]4[C@H]6CC[C@H](C6)N4C(=O)OC(C)(C)C)=N5)ccc2-3)[nH]1)C(C)C. The third-order valence-electron chi connectivity index (χ3n) is 14.3. The molecule has 2 saturated carbocycles. The quantitative estimate of drug-likeness (QED) is 0.177. The number of amides is 2. The number of fused-ring (bicyclic) bond motifs is 6. The van der Waals surface area contributed by atoms with Crippen LogP contribution in [0.5, 0.6) is 0 Å². The molecule has 1 aromatic heterocycles. The number of aromatic amines is 1. The summed E-state index contributed by atoms with van der Waals surface area (Å²) in [7, 11) is 1.33. The Hall–Kier alpha value is -5.39. The number of nitrogens with one attached hydrogen (secondary N) is 1. The number of likely N-dealkylation sites (tertiary alicyclic amines) is 2. The highest BCUT2D eigenvalue weighted by molar-refractivity contribution is 6.00. The maximum absolute atomic E-state index is 16.6. The summed E-state index contributed by atoms with van der Waals surface area (Å²) in [6.07, 6.45) is 7.84. The molecule has 318 valence electrons. The summed E-state index contributed by atoms with van der Waals surface area (Å²) in [5.41, 5.74) is 5.96. The number of aromatic nitrogens is 2. The standard InChI is InChI=1S/C49H53F2N5O5/c1-26(2)35(22-42(57)60-6)45(58)55-25-48(15-16-48)23-41(55)44-52-24-40(54-44)29-9-13-34-33-12-8-28(19-36(33)49(50,51)37(34)20-29)27-10-14-38-31(17-27)21-39(53-38)43-30-7-11-32(18-30)56(43)46(59)61-47(3,4)5/h8-10,12-14,17,19-20,24,26,30,32,35,41,43H,7,11,15-16,18,21-23,25H2,1-6H3,(H,52,54)/t30-,32+,35+,41-,43-/m0/s1. The van der Waals surface area contributed by atoms with Crippen LogP contribution in [0.1, 0.15) is 108 Å². The lowest BCUT2D eigenvalue weighted by Gasteiger charge is -2.36. The van der Waals surface area contributed by atoms with Crippen molar-refractivity contribution in [2.75, 3.05) is 13.7 Å². The molecule has 1 N–H and O–H groups in total. The van der Waals surface area contributed by atoms with Crippen molar-refractivity contribution in [2.24, 2.45) is 28.2 Å². The van der Waals surface area contributed by atoms with Gasteiger partial charge in [-0.05, 0) is 129 Å². The molecule has 0 radical (unpaired) electrons. The number of benzene rings is 3. The fourth-order valence-electron chi connectivity index (χ4n) is 10.9. The van der Waals surface area contributed by atoms with Crippen molar-refractivity contribution < 1.29 is 32.6 Å². The van der Waals surface area contributed by atoms with Crippen LogP contribution in [0.4, 0.5) is 19.3 Å². The Balaban J connectivity index is 0.877. The van der Waals surface area contributed by atoms with E-state index in [1.54, 1.807) is 30.5 Å². The highest BCUT2D eigenvalue weighted by Crippen LogP contribution is 2.59. The Morgan fingerprint density at radius 3 is 2.33 bits per heavy atom. The number of hydrogen-bond donors (Lipinski definition) is 1. The number of methoxy groups -OCH3 is 1. The minimum Gasteiger partial charge on any atom is -0.469 e. The van der Waals surface area contributed by atoms with E-state index in [0.29, 0.717) is 52.7 Å². The number of rotatable bonds is 8. The van der Waals surface area contributed by atoms with Crippen LogP contribution in [-0.4, -0.2) is 74.8 Å². The molecule has 2 saturated heterocycles. The Kier molecular flexibility index (Phi) is 9.16. The monoisotopic (exact) mass is 829 g/mol. The first kappa shape index (κ1) is 39.7. The number of esters is 1. The summed E-state index contributed by atoms with van der Waals surface area (Å²) in [5, 5.41) is 0. The summed E-state index contributed by atoms with van der Waals surface area (Å²) in [6.45, 7) is 10.2. The average molecular weight is 830 g/mol. The van der Waals surface area contributed by atoms with E-state index in [1.807, 2.05) is 68.7 Å². The third kappa shape index (κ3) is 6.75. The van der Waals surface area contributed by atoms with Crippen LogP contribution in [0, 0.1) is 23.2 Å². The normalized spacial score (nSPS) is 24.2. The molecule has 3 aliphatic heterocycles. The summed E-state index contributed by atoms with van der Waals surface area (Å²) in [5.74, 6) is -3.33. The smallest absolute Gasteiger partial charge is 0.411 e. The van der Waals surface area contributed by atoms with Crippen LogP contribution in [0.25, 0.3) is 33.5 Å². The lowest BCUT2D eigenvalue weighted by molar-refractivity contribution is -0.148. The fourth-order valence-corrected chi connectivity index (χ4v) is 10.9. The van der Waals surface area contributed by atoms with Crippen molar-refractivity contribution in [3.05, 3.63) is 83.3 Å². The van der Waals surface area contributed by atoms with Gasteiger partial charge in [-0.1, -0.05) is 44.2 Å². The average Bonchev–Trinajstić information content (AvgIpc) is 3.87. The van der Waals surface area contributed by atoms with Crippen LogP contribution >= 0.6 is 0 Å². The Morgan fingerprint density at radius 2 is 1.64 bits per heavy atom. The van der Waals surface area contributed by atoms with Gasteiger partial charge in [0.2, 0.25) is 5.91 Å². The van der Waals surface area contributed by atoms with Crippen molar-refractivity contribution >= 4 is 29.4 Å². The largest absolute Gasteiger partial charge is 0.469 e. The summed E-state index contributed by atoms with van der Waals surface area (Å²) in [4.78, 5) is 56.6. The van der Waals surface area contributed by atoms with E-state index < -0.39 is 23.4 Å². The van der Waals surface area contributed by atoms with Gasteiger partial charge in [0.25, 0.3) is 5.92 Å². The van der Waals surface area contributed by atoms with E-state index in [4.69, 9.17) is 19.5 Å². The Morgan fingerprint density at radius 1 is 0.951 bits per heavy atom. The number of aliphatic imine (C=N–C) groups is 1. The number of imidazole rings is 1. The lowest BCUT2D eigenvalue weighted by atomic mass is 9.90. The van der Waals surface area contributed by atoms with Crippen LogP contribution in [0.2, 0.25) is 0 Å². The van der Waals surface area contributed by atoms with Gasteiger partial charge in [0.1, 0.15) is 11.4 Å². The van der Waals surface area contributed by atoms with E-state index in [0.717, 1.165) is 61.1 Å². The number of ether oxygens (including phenoxy) is 2. The van der Waals surface area contributed by atoms with Crippen LogP contribution in [-0.2, 0) is 31.4 Å². The molecule has 3 aromatic carbocycles. The third-order valence-corrected chi connectivity index (χ3v) is 14.3. The predicted octanol–water partition coefficient (Wildman–Crippen LogP) is 10.2. The van der Waals surface area contributed by atoms with Crippen molar-refractivity contribution in [3.63, 3.8) is 0 Å². The molecule has 1 spiro atoms. The molecule has 12 heteroatoms. The van der Waals surface area contributed by atoms with Gasteiger partial charge < -0.3 is 19.4 Å². The highest BCUT2D eigenvalue weighted by Gasteiger charge is 2.55. The maximum Gasteiger partial charge on any atom is 0.411 e. The summed E-state index contributed by atoms with van der Waals surface area (Å²) in [6, 6.07) is 16.2. The molecule has 4 heterocycles. The predicted molar refractivity (Wildman–Crippen MR) is 227 cm³/mol. The van der Waals surface area contributed by atoms with Crippen molar-refractivity contribution in [3.8, 4) is 33.5 Å². The van der Waals surface area contributed by atoms with Crippen molar-refractivity contribution in [1.82, 2.24) is 19.8 Å². The maximum atomic E-state index is 16.6. The molecule has 3 aliphatic carbocycles. The highest BCUT2D eigenvalue weighted by atomic mass is 19.3. The first-order chi connectivity index (χ1) is 29.0. The molecule has 6 aliphatic rings. The zero-order valence-electron chi connectivity index (χ0n) is 35.7. The molecular weight excluding hydrogens is 777 g/mol. The van der Waals surface area contributed by atoms with Gasteiger partial charge in [-0.15, -0.1) is 0 Å². The molecule has 61 heavy (non-hydrogen) atoms.